The SMILES string of the molecule is COC(=O)C1CC(Cl)C1. The molecule has 0 saturated heterocycles. The second kappa shape index (κ2) is 2.56. The quantitative estimate of drug-likeness (QED) is 0.412. The first-order valence-electron chi connectivity index (χ1n) is 2.96. The highest BCUT2D eigenvalue weighted by Crippen LogP contribution is 2.32. The van der Waals surface area contributed by atoms with E-state index in [1.165, 1.54) is 7.11 Å². The fourth-order valence-corrected chi connectivity index (χ4v) is 1.34. The van der Waals surface area contributed by atoms with Crippen LogP contribution in [0.15, 0.2) is 0 Å². The Morgan fingerprint density at radius 2 is 2.22 bits per heavy atom. The molecular weight excluding hydrogens is 140 g/mol. The van der Waals surface area contributed by atoms with Gasteiger partial charge in [-0.3, -0.25) is 4.79 Å². The largest absolute Gasteiger partial charge is 0.469 e. The predicted octanol–water partition coefficient (Wildman–Crippen LogP) is 1.18. The zero-order valence-electron chi connectivity index (χ0n) is 5.26. The molecule has 1 fully saturated rings. The Hall–Kier alpha value is -0.240. The van der Waals surface area contributed by atoms with E-state index in [2.05, 4.69) is 4.74 Å². The van der Waals surface area contributed by atoms with Gasteiger partial charge >= 0.3 is 5.97 Å². The molecule has 0 aromatic rings. The van der Waals surface area contributed by atoms with Crippen LogP contribution in [0.4, 0.5) is 0 Å². The third kappa shape index (κ3) is 1.36. The van der Waals surface area contributed by atoms with E-state index in [1.807, 2.05) is 0 Å². The normalized spacial score (nSPS) is 33.1. The number of hydrogen-bond donors (Lipinski definition) is 0. The molecule has 0 heterocycles. The van der Waals surface area contributed by atoms with Gasteiger partial charge in [0.1, 0.15) is 0 Å². The lowest BCUT2D eigenvalue weighted by molar-refractivity contribution is -0.148. The molecule has 0 aliphatic heterocycles. The van der Waals surface area contributed by atoms with Crippen LogP contribution in [0.25, 0.3) is 0 Å². The highest BCUT2D eigenvalue weighted by atomic mass is 35.5. The molecule has 0 aromatic heterocycles. The molecule has 0 aromatic carbocycles. The summed E-state index contributed by atoms with van der Waals surface area (Å²) in [6, 6.07) is 0. The third-order valence-electron chi connectivity index (χ3n) is 1.62. The van der Waals surface area contributed by atoms with E-state index in [0.717, 1.165) is 12.8 Å². The van der Waals surface area contributed by atoms with Crippen molar-refractivity contribution >= 4 is 17.6 Å². The summed E-state index contributed by atoms with van der Waals surface area (Å²) in [6.07, 6.45) is 1.57. The van der Waals surface area contributed by atoms with Gasteiger partial charge in [-0.05, 0) is 12.8 Å². The summed E-state index contributed by atoms with van der Waals surface area (Å²) >= 11 is 5.64. The van der Waals surface area contributed by atoms with Gasteiger partial charge in [0, 0.05) is 5.38 Å². The summed E-state index contributed by atoms with van der Waals surface area (Å²) in [5, 5.41) is 0.203. The lowest BCUT2D eigenvalue weighted by Crippen LogP contribution is -2.31. The van der Waals surface area contributed by atoms with E-state index < -0.39 is 0 Å². The number of alkyl halides is 1. The highest BCUT2D eigenvalue weighted by Gasteiger charge is 2.33. The van der Waals surface area contributed by atoms with Crippen LogP contribution in [0.2, 0.25) is 0 Å². The number of ether oxygens (including phenoxy) is 1. The summed E-state index contributed by atoms with van der Waals surface area (Å²) in [6.45, 7) is 0. The first-order chi connectivity index (χ1) is 4.24. The first kappa shape index (κ1) is 6.87. The molecule has 2 nitrogen and oxygen atoms in total. The zero-order valence-corrected chi connectivity index (χ0v) is 6.02. The van der Waals surface area contributed by atoms with Crippen molar-refractivity contribution in [1.82, 2.24) is 0 Å². The Kier molecular flexibility index (Phi) is 1.96. The summed E-state index contributed by atoms with van der Waals surface area (Å²) in [5.41, 5.74) is 0. The van der Waals surface area contributed by atoms with Gasteiger partial charge in [0.05, 0.1) is 13.0 Å². The van der Waals surface area contributed by atoms with Crippen LogP contribution in [0.5, 0.6) is 0 Å². The molecule has 52 valence electrons. The van der Waals surface area contributed by atoms with Crippen molar-refractivity contribution in [2.45, 2.75) is 18.2 Å². The van der Waals surface area contributed by atoms with Crippen LogP contribution in [-0.4, -0.2) is 18.5 Å². The molecule has 1 aliphatic rings. The number of methoxy groups -OCH3 is 1. The number of carbonyl (C=O) groups is 1. The average molecular weight is 149 g/mol. The molecule has 9 heavy (non-hydrogen) atoms. The minimum atomic E-state index is -0.119. The van der Waals surface area contributed by atoms with Crippen molar-refractivity contribution in [3.63, 3.8) is 0 Å². The Morgan fingerprint density at radius 3 is 2.56 bits per heavy atom. The molecule has 1 saturated carbocycles. The van der Waals surface area contributed by atoms with E-state index in [0.29, 0.717) is 0 Å². The number of esters is 1. The van der Waals surface area contributed by atoms with Crippen molar-refractivity contribution in [2.24, 2.45) is 5.92 Å². The maximum atomic E-state index is 10.7. The molecule has 0 bridgehead atoms. The van der Waals surface area contributed by atoms with Gasteiger partial charge in [-0.15, -0.1) is 11.6 Å². The lowest BCUT2D eigenvalue weighted by Gasteiger charge is -2.27. The van der Waals surface area contributed by atoms with E-state index in [9.17, 15) is 4.79 Å². The minimum Gasteiger partial charge on any atom is -0.469 e. The van der Waals surface area contributed by atoms with Gasteiger partial charge in [-0.2, -0.15) is 0 Å². The second-order valence-corrected chi connectivity index (χ2v) is 2.91. The highest BCUT2D eigenvalue weighted by molar-refractivity contribution is 6.21. The molecule has 1 aliphatic carbocycles. The molecule has 0 atom stereocenters. The topological polar surface area (TPSA) is 26.3 Å². The summed E-state index contributed by atoms with van der Waals surface area (Å²) in [7, 11) is 1.41. The third-order valence-corrected chi connectivity index (χ3v) is 1.97. The van der Waals surface area contributed by atoms with Crippen molar-refractivity contribution in [1.29, 1.82) is 0 Å². The average Bonchev–Trinajstić information content (AvgIpc) is 1.79. The fourth-order valence-electron chi connectivity index (χ4n) is 0.908. The predicted molar refractivity (Wildman–Crippen MR) is 34.4 cm³/mol. The molecular formula is C6H9ClO2. The van der Waals surface area contributed by atoms with E-state index in [1.54, 1.807) is 0 Å². The lowest BCUT2D eigenvalue weighted by atomic mass is 9.85. The van der Waals surface area contributed by atoms with E-state index in [4.69, 9.17) is 11.6 Å². The van der Waals surface area contributed by atoms with Gasteiger partial charge < -0.3 is 4.74 Å². The Balaban J connectivity index is 2.23. The number of hydrogen-bond acceptors (Lipinski definition) is 2. The molecule has 0 unspecified atom stereocenters. The monoisotopic (exact) mass is 148 g/mol. The van der Waals surface area contributed by atoms with Crippen molar-refractivity contribution in [3.8, 4) is 0 Å². The Bertz CT molecular complexity index is 118. The summed E-state index contributed by atoms with van der Waals surface area (Å²) in [4.78, 5) is 10.7. The Morgan fingerprint density at radius 1 is 1.67 bits per heavy atom. The number of carbonyl (C=O) groups excluding carboxylic acids is 1. The molecule has 0 spiro atoms. The second-order valence-electron chi connectivity index (χ2n) is 2.29. The number of rotatable bonds is 1. The van der Waals surface area contributed by atoms with Gasteiger partial charge in [-0.25, -0.2) is 0 Å². The van der Waals surface area contributed by atoms with Crippen LogP contribution >= 0.6 is 11.6 Å². The van der Waals surface area contributed by atoms with Gasteiger partial charge in [0.2, 0.25) is 0 Å². The fraction of sp³-hybridized carbons (Fsp3) is 0.833. The minimum absolute atomic E-state index is 0.0810. The molecule has 0 radical (unpaired) electrons. The maximum Gasteiger partial charge on any atom is 0.308 e. The maximum absolute atomic E-state index is 10.7. The molecule has 0 N–H and O–H groups in total. The van der Waals surface area contributed by atoms with E-state index in [-0.39, 0.29) is 17.3 Å². The van der Waals surface area contributed by atoms with Gasteiger partial charge in [-0.1, -0.05) is 0 Å². The van der Waals surface area contributed by atoms with Crippen LogP contribution in [-0.2, 0) is 9.53 Å². The molecule has 3 heteroatoms. The van der Waals surface area contributed by atoms with Crippen LogP contribution in [0, 0.1) is 5.92 Å². The van der Waals surface area contributed by atoms with Crippen molar-refractivity contribution in [3.05, 3.63) is 0 Å². The smallest absolute Gasteiger partial charge is 0.308 e. The standard InChI is InChI=1S/C6H9ClO2/c1-9-6(8)4-2-5(7)3-4/h4-5H,2-3H2,1H3. The van der Waals surface area contributed by atoms with Crippen LogP contribution < -0.4 is 0 Å². The number of halogens is 1. The summed E-state index contributed by atoms with van der Waals surface area (Å²) < 4.78 is 4.50. The van der Waals surface area contributed by atoms with Crippen LogP contribution in [0.3, 0.4) is 0 Å². The van der Waals surface area contributed by atoms with Gasteiger partial charge in [0.15, 0.2) is 0 Å². The van der Waals surface area contributed by atoms with Crippen LogP contribution in [0.1, 0.15) is 12.8 Å². The van der Waals surface area contributed by atoms with Crippen molar-refractivity contribution in [2.75, 3.05) is 7.11 Å². The zero-order chi connectivity index (χ0) is 6.85. The molecule has 0 amide bonds. The molecule has 1 rings (SSSR count). The Labute approximate surface area is 59.1 Å². The first-order valence-corrected chi connectivity index (χ1v) is 3.39. The van der Waals surface area contributed by atoms with Crippen molar-refractivity contribution < 1.29 is 9.53 Å². The van der Waals surface area contributed by atoms with Gasteiger partial charge in [0.25, 0.3) is 0 Å². The summed E-state index contributed by atoms with van der Waals surface area (Å²) in [5.74, 6) is -0.0376. The van der Waals surface area contributed by atoms with E-state index >= 15 is 0 Å².